The summed E-state index contributed by atoms with van der Waals surface area (Å²) in [5, 5.41) is 0.801. The number of likely N-dealkylation sites (N-methyl/N-ethyl adjacent to an activating group) is 1. The molecule has 0 radical (unpaired) electrons. The molecule has 138 valence electrons. The predicted molar refractivity (Wildman–Crippen MR) is 102 cm³/mol. The van der Waals surface area contributed by atoms with Gasteiger partial charge in [-0.15, -0.1) is 0 Å². The minimum Gasteiger partial charge on any atom is -0.464 e. The first-order valence-corrected chi connectivity index (χ1v) is 9.07. The number of rotatable bonds is 6. The maximum atomic E-state index is 13.0. The molecule has 2 rings (SSSR count). The number of esters is 1. The number of pyridine rings is 1. The lowest BCUT2D eigenvalue weighted by Gasteiger charge is -2.29. The molecule has 0 aliphatic rings. The Kier molecular flexibility index (Phi) is 7.26. The van der Waals surface area contributed by atoms with Crippen LogP contribution in [0.1, 0.15) is 35.9 Å². The Bertz CT molecular complexity index is 797. The van der Waals surface area contributed by atoms with E-state index >= 15 is 0 Å². The van der Waals surface area contributed by atoms with E-state index in [0.29, 0.717) is 10.6 Å². The molecule has 8 heteroatoms. The van der Waals surface area contributed by atoms with Crippen LogP contribution in [-0.4, -0.2) is 34.9 Å². The zero-order valence-electron chi connectivity index (χ0n) is 14.2. The number of aromatic nitrogens is 1. The fraction of sp³-hybridized carbons (Fsp3) is 0.278. The van der Waals surface area contributed by atoms with Crippen LogP contribution in [0.5, 0.6) is 0 Å². The summed E-state index contributed by atoms with van der Waals surface area (Å²) in [5.74, 6) is -1.07. The molecule has 0 aliphatic heterocycles. The van der Waals surface area contributed by atoms with E-state index in [0.717, 1.165) is 0 Å². The fourth-order valence-electron chi connectivity index (χ4n) is 2.46. The second-order valence-corrected chi connectivity index (χ2v) is 6.49. The van der Waals surface area contributed by atoms with Crippen LogP contribution in [0.3, 0.4) is 0 Å². The number of carbonyl (C=O) groups excluding carboxylic acids is 2. The highest BCUT2D eigenvalue weighted by atomic mass is 35.5. The average molecular weight is 416 g/mol. The molecule has 0 saturated carbocycles. The summed E-state index contributed by atoms with van der Waals surface area (Å²) in [7, 11) is 0. The van der Waals surface area contributed by atoms with Gasteiger partial charge in [0.2, 0.25) is 0 Å². The summed E-state index contributed by atoms with van der Waals surface area (Å²) in [5.41, 5.74) is 0.547. The number of hydrogen-bond acceptors (Lipinski definition) is 4. The Balaban J connectivity index is 2.48. The third kappa shape index (κ3) is 4.67. The number of amides is 1. The molecule has 2 aromatic rings. The van der Waals surface area contributed by atoms with Gasteiger partial charge >= 0.3 is 5.97 Å². The van der Waals surface area contributed by atoms with Crippen LogP contribution in [0.15, 0.2) is 36.4 Å². The van der Waals surface area contributed by atoms with Crippen molar-refractivity contribution in [3.63, 3.8) is 0 Å². The average Bonchev–Trinajstić information content (AvgIpc) is 2.62. The lowest BCUT2D eigenvalue weighted by atomic mass is 10.0. The van der Waals surface area contributed by atoms with E-state index in [1.54, 1.807) is 38.1 Å². The number of nitrogens with zero attached hydrogens (tertiary/aromatic N) is 2. The normalized spacial score (nSPS) is 11.7. The molecule has 1 aromatic heterocycles. The molecule has 0 spiro atoms. The molecular weight excluding hydrogens is 399 g/mol. The van der Waals surface area contributed by atoms with Crippen molar-refractivity contribution >= 4 is 46.7 Å². The van der Waals surface area contributed by atoms with Gasteiger partial charge in [0.1, 0.15) is 10.8 Å². The number of halogens is 3. The zero-order chi connectivity index (χ0) is 19.3. The molecule has 0 saturated heterocycles. The standard InChI is InChI=1S/C18H17Cl3N2O3/c1-3-23(17(24)15-13(20)9-10-14(21)22-15)16(18(25)26-4-2)11-5-7-12(19)8-6-11/h5-10,16H,3-4H2,1-2H3/t16-/m0/s1. The number of carbonyl (C=O) groups is 2. The Morgan fingerprint density at radius 3 is 2.31 bits per heavy atom. The van der Waals surface area contributed by atoms with Crippen molar-refractivity contribution in [2.24, 2.45) is 0 Å². The van der Waals surface area contributed by atoms with Gasteiger partial charge in [0.25, 0.3) is 5.91 Å². The first kappa shape index (κ1) is 20.5. The van der Waals surface area contributed by atoms with E-state index in [1.165, 1.54) is 17.0 Å². The highest BCUT2D eigenvalue weighted by Crippen LogP contribution is 2.27. The van der Waals surface area contributed by atoms with Gasteiger partial charge in [-0.25, -0.2) is 9.78 Å². The van der Waals surface area contributed by atoms with Crippen molar-refractivity contribution in [1.82, 2.24) is 9.88 Å². The van der Waals surface area contributed by atoms with Gasteiger partial charge in [0.05, 0.1) is 11.6 Å². The van der Waals surface area contributed by atoms with E-state index in [4.69, 9.17) is 39.5 Å². The fourth-order valence-corrected chi connectivity index (χ4v) is 2.92. The van der Waals surface area contributed by atoms with E-state index in [2.05, 4.69) is 4.98 Å². The van der Waals surface area contributed by atoms with Gasteiger partial charge in [-0.2, -0.15) is 0 Å². The summed E-state index contributed by atoms with van der Waals surface area (Å²) < 4.78 is 5.17. The van der Waals surface area contributed by atoms with Gasteiger partial charge in [0, 0.05) is 11.6 Å². The van der Waals surface area contributed by atoms with Crippen LogP contribution >= 0.6 is 34.8 Å². The first-order valence-electron chi connectivity index (χ1n) is 7.94. The number of hydrogen-bond donors (Lipinski definition) is 0. The van der Waals surface area contributed by atoms with E-state index in [-0.39, 0.29) is 29.0 Å². The van der Waals surface area contributed by atoms with Crippen molar-refractivity contribution in [1.29, 1.82) is 0 Å². The quantitative estimate of drug-likeness (QED) is 0.502. The lowest BCUT2D eigenvalue weighted by Crippen LogP contribution is -2.40. The van der Waals surface area contributed by atoms with Crippen LogP contribution in [0, 0.1) is 0 Å². The molecular formula is C18H17Cl3N2O3. The molecule has 0 fully saturated rings. The maximum Gasteiger partial charge on any atom is 0.333 e. The molecule has 0 bridgehead atoms. The second-order valence-electron chi connectivity index (χ2n) is 5.26. The summed E-state index contributed by atoms with van der Waals surface area (Å²) >= 11 is 17.9. The van der Waals surface area contributed by atoms with Gasteiger partial charge < -0.3 is 9.64 Å². The van der Waals surface area contributed by atoms with Gasteiger partial charge in [-0.05, 0) is 43.7 Å². The van der Waals surface area contributed by atoms with Crippen LogP contribution in [-0.2, 0) is 9.53 Å². The minimum absolute atomic E-state index is 0.0238. The third-order valence-corrected chi connectivity index (χ3v) is 4.39. The summed E-state index contributed by atoms with van der Waals surface area (Å²) in [6.07, 6.45) is 0. The Morgan fingerprint density at radius 1 is 1.08 bits per heavy atom. The largest absolute Gasteiger partial charge is 0.464 e. The lowest BCUT2D eigenvalue weighted by molar-refractivity contribution is -0.148. The molecule has 0 unspecified atom stereocenters. The van der Waals surface area contributed by atoms with E-state index in [1.807, 2.05) is 0 Å². The number of benzene rings is 1. The van der Waals surface area contributed by atoms with Crippen molar-refractivity contribution in [3.05, 3.63) is 62.9 Å². The molecule has 26 heavy (non-hydrogen) atoms. The van der Waals surface area contributed by atoms with Crippen LogP contribution < -0.4 is 0 Å². The first-order chi connectivity index (χ1) is 12.4. The van der Waals surface area contributed by atoms with Crippen molar-refractivity contribution in [2.75, 3.05) is 13.2 Å². The van der Waals surface area contributed by atoms with Crippen molar-refractivity contribution < 1.29 is 14.3 Å². The molecule has 0 aliphatic carbocycles. The van der Waals surface area contributed by atoms with Gasteiger partial charge in [-0.1, -0.05) is 46.9 Å². The number of ether oxygens (including phenoxy) is 1. The zero-order valence-corrected chi connectivity index (χ0v) is 16.5. The van der Waals surface area contributed by atoms with Crippen LogP contribution in [0.25, 0.3) is 0 Å². The Labute approximate surface area is 166 Å². The van der Waals surface area contributed by atoms with Crippen molar-refractivity contribution in [2.45, 2.75) is 19.9 Å². The second kappa shape index (κ2) is 9.21. The summed E-state index contributed by atoms with van der Waals surface area (Å²) in [4.78, 5) is 31.0. The summed E-state index contributed by atoms with van der Waals surface area (Å²) in [6, 6.07) is 8.65. The van der Waals surface area contributed by atoms with Gasteiger partial charge in [0.15, 0.2) is 6.04 Å². The molecule has 5 nitrogen and oxygen atoms in total. The highest BCUT2D eigenvalue weighted by Gasteiger charge is 2.33. The minimum atomic E-state index is -0.957. The Morgan fingerprint density at radius 2 is 1.73 bits per heavy atom. The molecule has 1 atom stereocenters. The van der Waals surface area contributed by atoms with E-state index < -0.39 is 17.9 Å². The highest BCUT2D eigenvalue weighted by molar-refractivity contribution is 6.34. The SMILES string of the molecule is CCOC(=O)[C@H](c1ccc(Cl)cc1)N(CC)C(=O)c1nc(Cl)ccc1Cl. The Hall–Kier alpha value is -1.82. The van der Waals surface area contributed by atoms with Gasteiger partial charge in [-0.3, -0.25) is 4.79 Å². The maximum absolute atomic E-state index is 13.0. The summed E-state index contributed by atoms with van der Waals surface area (Å²) in [6.45, 7) is 3.86. The molecule has 0 N–H and O–H groups in total. The van der Waals surface area contributed by atoms with Crippen molar-refractivity contribution in [3.8, 4) is 0 Å². The van der Waals surface area contributed by atoms with E-state index in [9.17, 15) is 9.59 Å². The third-order valence-electron chi connectivity index (χ3n) is 3.62. The monoisotopic (exact) mass is 414 g/mol. The molecule has 1 heterocycles. The topological polar surface area (TPSA) is 59.5 Å². The van der Waals surface area contributed by atoms with Crippen LogP contribution in [0.4, 0.5) is 0 Å². The molecule has 1 amide bonds. The predicted octanol–water partition coefficient (Wildman–Crippen LogP) is 4.81. The molecule has 1 aromatic carbocycles. The smallest absolute Gasteiger partial charge is 0.333 e. The van der Waals surface area contributed by atoms with Crippen LogP contribution in [0.2, 0.25) is 15.2 Å².